The van der Waals surface area contributed by atoms with Gasteiger partial charge in [-0.3, -0.25) is 0 Å². The van der Waals surface area contributed by atoms with Crippen molar-refractivity contribution in [3.63, 3.8) is 0 Å². The van der Waals surface area contributed by atoms with E-state index in [1.165, 1.54) is 12.1 Å². The predicted molar refractivity (Wildman–Crippen MR) is 99.6 cm³/mol. The second kappa shape index (κ2) is 7.57. The van der Waals surface area contributed by atoms with Gasteiger partial charge in [0, 0.05) is 43.2 Å². The van der Waals surface area contributed by atoms with Crippen molar-refractivity contribution in [2.75, 3.05) is 24.5 Å². The van der Waals surface area contributed by atoms with Gasteiger partial charge in [-0.25, -0.2) is 9.18 Å². The van der Waals surface area contributed by atoms with Gasteiger partial charge >= 0.3 is 12.4 Å². The molecule has 2 saturated heterocycles. The third kappa shape index (κ3) is 4.38. The maximum absolute atomic E-state index is 13.6. The maximum atomic E-state index is 13.6. The summed E-state index contributed by atoms with van der Waals surface area (Å²) in [7, 11) is 0. The molecule has 1 saturated carbocycles. The Kier molecular flexibility index (Phi) is 5.25. The number of urea groups is 1. The number of fused-ring (bicyclic) bond motifs is 1. The third-order valence-corrected chi connectivity index (χ3v) is 6.39. The normalized spacial score (nSPS) is 31.8. The van der Waals surface area contributed by atoms with Crippen LogP contribution in [-0.4, -0.2) is 55.2 Å². The van der Waals surface area contributed by atoms with Gasteiger partial charge in [0.25, 0.3) is 0 Å². The summed E-state index contributed by atoms with van der Waals surface area (Å²) in [6.45, 7) is 3.55. The molecular weight excluding hydrogens is 390 g/mol. The molecule has 1 aliphatic carbocycles. The molecule has 5 atom stereocenters. The van der Waals surface area contributed by atoms with E-state index in [2.05, 4.69) is 15.0 Å². The number of hydrogen-bond donors (Lipinski definition) is 1. The van der Waals surface area contributed by atoms with Crippen molar-refractivity contribution in [1.82, 2.24) is 10.2 Å². The third-order valence-electron chi connectivity index (χ3n) is 6.39. The number of rotatable bonds is 3. The molecule has 1 unspecified atom stereocenters. The van der Waals surface area contributed by atoms with Gasteiger partial charge in [0.2, 0.25) is 0 Å². The molecule has 5 nitrogen and oxygen atoms in total. The number of carbonyl (C=O) groups is 1. The van der Waals surface area contributed by atoms with Crippen molar-refractivity contribution in [2.45, 2.75) is 50.8 Å². The molecule has 0 aromatic heterocycles. The van der Waals surface area contributed by atoms with Crippen molar-refractivity contribution in [3.05, 3.63) is 24.3 Å². The minimum absolute atomic E-state index is 0.0381. The van der Waals surface area contributed by atoms with Crippen LogP contribution in [0.2, 0.25) is 0 Å². The summed E-state index contributed by atoms with van der Waals surface area (Å²) in [4.78, 5) is 16.3. The lowest BCUT2D eigenvalue weighted by Crippen LogP contribution is -2.48. The molecule has 4 rings (SSSR count). The minimum atomic E-state index is -4.70. The van der Waals surface area contributed by atoms with E-state index in [1.807, 2.05) is 6.92 Å². The highest BCUT2D eigenvalue weighted by molar-refractivity contribution is 5.75. The largest absolute Gasteiger partial charge is 0.573 e. The molecule has 1 N–H and O–H groups in total. The number of benzene rings is 1. The molecule has 2 amide bonds. The second-order valence-electron chi connectivity index (χ2n) is 8.34. The van der Waals surface area contributed by atoms with E-state index in [4.69, 9.17) is 0 Å². The van der Waals surface area contributed by atoms with E-state index in [9.17, 15) is 22.4 Å². The SMILES string of the molecule is CC1C[C@@H](F)CN1C(=O)N[C@H]1CC[C@@H]2CN(c3ccc(OC(F)(F)F)cc3)C[C@@H]21. The Hall–Kier alpha value is -2.19. The van der Waals surface area contributed by atoms with Gasteiger partial charge in [-0.05, 0) is 49.9 Å². The lowest BCUT2D eigenvalue weighted by atomic mass is 9.98. The fraction of sp³-hybridized carbons (Fsp3) is 0.650. The molecule has 3 fully saturated rings. The Morgan fingerprint density at radius 2 is 1.86 bits per heavy atom. The molecule has 1 aromatic carbocycles. The molecule has 0 spiro atoms. The lowest BCUT2D eigenvalue weighted by Gasteiger charge is -2.27. The Morgan fingerprint density at radius 3 is 2.48 bits per heavy atom. The quantitative estimate of drug-likeness (QED) is 0.761. The fourth-order valence-electron chi connectivity index (χ4n) is 5.00. The zero-order valence-corrected chi connectivity index (χ0v) is 16.2. The fourth-order valence-corrected chi connectivity index (χ4v) is 5.00. The van der Waals surface area contributed by atoms with E-state index >= 15 is 0 Å². The molecule has 1 aromatic rings. The van der Waals surface area contributed by atoms with Crippen LogP contribution in [0.4, 0.5) is 28.0 Å². The van der Waals surface area contributed by atoms with Crippen LogP contribution < -0.4 is 15.0 Å². The smallest absolute Gasteiger partial charge is 0.406 e. The van der Waals surface area contributed by atoms with Crippen LogP contribution in [0, 0.1) is 11.8 Å². The topological polar surface area (TPSA) is 44.8 Å². The first-order chi connectivity index (χ1) is 13.7. The van der Waals surface area contributed by atoms with Crippen molar-refractivity contribution < 1.29 is 27.1 Å². The summed E-state index contributed by atoms with van der Waals surface area (Å²) in [5.74, 6) is 0.470. The first-order valence-electron chi connectivity index (χ1n) is 10.0. The van der Waals surface area contributed by atoms with Gasteiger partial charge in [-0.1, -0.05) is 0 Å². The van der Waals surface area contributed by atoms with Crippen molar-refractivity contribution in [1.29, 1.82) is 0 Å². The van der Waals surface area contributed by atoms with Crippen molar-refractivity contribution >= 4 is 11.7 Å². The number of carbonyl (C=O) groups excluding carboxylic acids is 1. The van der Waals surface area contributed by atoms with Gasteiger partial charge in [-0.15, -0.1) is 13.2 Å². The van der Waals surface area contributed by atoms with Crippen molar-refractivity contribution in [2.24, 2.45) is 11.8 Å². The predicted octanol–water partition coefficient (Wildman–Crippen LogP) is 3.94. The van der Waals surface area contributed by atoms with Crippen LogP contribution >= 0.6 is 0 Å². The second-order valence-corrected chi connectivity index (χ2v) is 8.34. The number of halogens is 4. The van der Waals surface area contributed by atoms with Crippen LogP contribution in [0.1, 0.15) is 26.2 Å². The van der Waals surface area contributed by atoms with Gasteiger partial charge in [0.05, 0.1) is 6.54 Å². The number of anilines is 1. The van der Waals surface area contributed by atoms with E-state index in [-0.39, 0.29) is 36.3 Å². The number of amides is 2. The average Bonchev–Trinajstić information content (AvgIpc) is 3.30. The Morgan fingerprint density at radius 1 is 1.14 bits per heavy atom. The summed E-state index contributed by atoms with van der Waals surface area (Å²) in [5, 5.41) is 3.10. The summed E-state index contributed by atoms with van der Waals surface area (Å²) >= 11 is 0. The minimum Gasteiger partial charge on any atom is -0.406 e. The number of hydrogen-bond acceptors (Lipinski definition) is 3. The maximum Gasteiger partial charge on any atom is 0.573 e. The van der Waals surface area contributed by atoms with E-state index in [0.717, 1.165) is 31.6 Å². The highest BCUT2D eigenvalue weighted by Gasteiger charge is 2.44. The number of likely N-dealkylation sites (tertiary alicyclic amines) is 1. The summed E-state index contributed by atoms with van der Waals surface area (Å²) in [6, 6.07) is 5.63. The van der Waals surface area contributed by atoms with Gasteiger partial charge in [-0.2, -0.15) is 0 Å². The molecule has 2 aliphatic heterocycles. The molecule has 0 bridgehead atoms. The van der Waals surface area contributed by atoms with Crippen molar-refractivity contribution in [3.8, 4) is 5.75 Å². The van der Waals surface area contributed by atoms with Crippen LogP contribution in [0.25, 0.3) is 0 Å². The summed E-state index contributed by atoms with van der Waals surface area (Å²) < 4.78 is 54.4. The van der Waals surface area contributed by atoms with Gasteiger partial charge in [0.15, 0.2) is 0 Å². The van der Waals surface area contributed by atoms with Crippen LogP contribution in [0.3, 0.4) is 0 Å². The van der Waals surface area contributed by atoms with E-state index in [1.54, 1.807) is 17.0 Å². The van der Waals surface area contributed by atoms with Crippen LogP contribution in [0.15, 0.2) is 24.3 Å². The molecule has 3 aliphatic rings. The monoisotopic (exact) mass is 415 g/mol. The summed E-state index contributed by atoms with van der Waals surface area (Å²) in [6.07, 6.45) is -3.39. The number of nitrogens with zero attached hydrogens (tertiary/aromatic N) is 2. The first-order valence-corrected chi connectivity index (χ1v) is 10.0. The van der Waals surface area contributed by atoms with E-state index < -0.39 is 12.5 Å². The molecular formula is C20H25F4N3O2. The zero-order chi connectivity index (χ0) is 20.8. The van der Waals surface area contributed by atoms with Crippen LogP contribution in [-0.2, 0) is 0 Å². The number of alkyl halides is 4. The highest BCUT2D eigenvalue weighted by Crippen LogP contribution is 2.40. The van der Waals surface area contributed by atoms with Gasteiger partial charge in [0.1, 0.15) is 11.9 Å². The molecule has 160 valence electrons. The Bertz CT molecular complexity index is 742. The van der Waals surface area contributed by atoms with Crippen LogP contribution in [0.5, 0.6) is 5.75 Å². The van der Waals surface area contributed by atoms with E-state index in [0.29, 0.717) is 12.3 Å². The average molecular weight is 415 g/mol. The number of ether oxygens (including phenoxy) is 1. The Labute approximate surface area is 167 Å². The molecule has 2 heterocycles. The lowest BCUT2D eigenvalue weighted by molar-refractivity contribution is -0.274. The molecule has 9 heteroatoms. The summed E-state index contributed by atoms with van der Waals surface area (Å²) in [5.41, 5.74) is 0.840. The highest BCUT2D eigenvalue weighted by atomic mass is 19.4. The molecule has 0 radical (unpaired) electrons. The molecule has 29 heavy (non-hydrogen) atoms. The first kappa shape index (κ1) is 20.1. The van der Waals surface area contributed by atoms with Gasteiger partial charge < -0.3 is 19.9 Å². The zero-order valence-electron chi connectivity index (χ0n) is 16.2. The Balaban J connectivity index is 1.35. The number of nitrogens with one attached hydrogen (secondary N) is 1. The standard InChI is InChI=1S/C20H25F4N3O2/c1-12-8-14(21)10-27(12)19(28)25-18-7-2-13-9-26(11-17(13)18)15-3-5-16(6-4-15)29-20(22,23)24/h3-6,12-14,17-18H,2,7-11H2,1H3,(H,25,28)/t12?,13-,14-,17+,18+/m1/s1.